The van der Waals surface area contributed by atoms with E-state index in [4.69, 9.17) is 17.3 Å². The summed E-state index contributed by atoms with van der Waals surface area (Å²) in [6.07, 6.45) is 0. The molecular weight excluding hydrogens is 262 g/mol. The SMILES string of the molecule is NC(=O)COC(=O)CSCc1ccccc1Cl. The number of hydrogen-bond acceptors (Lipinski definition) is 4. The smallest absolute Gasteiger partial charge is 0.316 e. The Morgan fingerprint density at radius 2 is 2.06 bits per heavy atom. The largest absolute Gasteiger partial charge is 0.455 e. The Labute approximate surface area is 108 Å². The molecule has 92 valence electrons. The van der Waals surface area contributed by atoms with E-state index in [1.54, 1.807) is 6.07 Å². The molecule has 0 unspecified atom stereocenters. The molecule has 0 radical (unpaired) electrons. The van der Waals surface area contributed by atoms with Gasteiger partial charge in [0.05, 0.1) is 5.75 Å². The third-order valence-corrected chi connectivity index (χ3v) is 3.13. The standard InChI is InChI=1S/C11H12ClNO3S/c12-9-4-2-1-3-8(9)6-17-7-11(15)16-5-10(13)14/h1-4H,5-7H2,(H2,13,14). The van der Waals surface area contributed by atoms with Gasteiger partial charge in [0.2, 0.25) is 0 Å². The number of amides is 1. The normalized spacial score (nSPS) is 9.94. The fraction of sp³-hybridized carbons (Fsp3) is 0.273. The first-order chi connectivity index (χ1) is 8.09. The molecule has 0 atom stereocenters. The van der Waals surface area contributed by atoms with Gasteiger partial charge in [-0.25, -0.2) is 0 Å². The minimum Gasteiger partial charge on any atom is -0.455 e. The summed E-state index contributed by atoms with van der Waals surface area (Å²) in [5.74, 6) is -0.334. The second-order valence-corrected chi connectivity index (χ2v) is 4.60. The van der Waals surface area contributed by atoms with E-state index in [0.717, 1.165) is 5.56 Å². The maximum absolute atomic E-state index is 11.1. The second kappa shape index (κ2) is 7.19. The van der Waals surface area contributed by atoms with E-state index < -0.39 is 11.9 Å². The van der Waals surface area contributed by atoms with Crippen LogP contribution in [0.25, 0.3) is 0 Å². The molecule has 17 heavy (non-hydrogen) atoms. The van der Waals surface area contributed by atoms with Crippen LogP contribution in [0, 0.1) is 0 Å². The Balaban J connectivity index is 2.26. The molecule has 0 spiro atoms. The maximum Gasteiger partial charge on any atom is 0.316 e. The topological polar surface area (TPSA) is 69.4 Å². The lowest BCUT2D eigenvalue weighted by Crippen LogP contribution is -2.21. The van der Waals surface area contributed by atoms with E-state index in [0.29, 0.717) is 10.8 Å². The summed E-state index contributed by atoms with van der Waals surface area (Å²) in [6.45, 7) is -0.370. The van der Waals surface area contributed by atoms with Crippen molar-refractivity contribution in [3.63, 3.8) is 0 Å². The summed E-state index contributed by atoms with van der Waals surface area (Å²) in [5, 5.41) is 0.672. The average molecular weight is 274 g/mol. The van der Waals surface area contributed by atoms with Gasteiger partial charge in [-0.1, -0.05) is 29.8 Å². The first kappa shape index (κ1) is 13.9. The Hall–Kier alpha value is -1.20. The van der Waals surface area contributed by atoms with Crippen molar-refractivity contribution < 1.29 is 14.3 Å². The van der Waals surface area contributed by atoms with Crippen molar-refractivity contribution in [3.8, 4) is 0 Å². The van der Waals surface area contributed by atoms with Crippen molar-refractivity contribution in [2.45, 2.75) is 5.75 Å². The number of benzene rings is 1. The third kappa shape index (κ3) is 5.60. The minimum atomic E-state index is -0.658. The number of carbonyl (C=O) groups is 2. The van der Waals surface area contributed by atoms with Crippen LogP contribution in [0.1, 0.15) is 5.56 Å². The Kier molecular flexibility index (Phi) is 5.86. The van der Waals surface area contributed by atoms with Crippen LogP contribution >= 0.6 is 23.4 Å². The van der Waals surface area contributed by atoms with Crippen LogP contribution in [0.3, 0.4) is 0 Å². The van der Waals surface area contributed by atoms with Crippen LogP contribution in [0.4, 0.5) is 0 Å². The highest BCUT2D eigenvalue weighted by molar-refractivity contribution is 7.99. The summed E-state index contributed by atoms with van der Waals surface area (Å²) < 4.78 is 4.60. The Bertz CT molecular complexity index is 411. The third-order valence-electron chi connectivity index (χ3n) is 1.81. The van der Waals surface area contributed by atoms with Crippen LogP contribution in [0.5, 0.6) is 0 Å². The zero-order valence-corrected chi connectivity index (χ0v) is 10.6. The highest BCUT2D eigenvalue weighted by Gasteiger charge is 2.06. The van der Waals surface area contributed by atoms with Gasteiger partial charge in [0.25, 0.3) is 5.91 Å². The van der Waals surface area contributed by atoms with E-state index in [9.17, 15) is 9.59 Å². The Morgan fingerprint density at radius 3 is 2.71 bits per heavy atom. The molecule has 2 N–H and O–H groups in total. The molecule has 0 saturated carbocycles. The number of ether oxygens (including phenoxy) is 1. The molecule has 0 aromatic heterocycles. The summed E-state index contributed by atoms with van der Waals surface area (Å²) in [4.78, 5) is 21.5. The van der Waals surface area contributed by atoms with Crippen molar-refractivity contribution in [2.75, 3.05) is 12.4 Å². The monoisotopic (exact) mass is 273 g/mol. The molecule has 1 rings (SSSR count). The molecule has 4 nitrogen and oxygen atoms in total. The first-order valence-corrected chi connectivity index (χ1v) is 6.38. The Morgan fingerprint density at radius 1 is 1.35 bits per heavy atom. The van der Waals surface area contributed by atoms with Crippen molar-refractivity contribution in [1.82, 2.24) is 0 Å². The van der Waals surface area contributed by atoms with Gasteiger partial charge in [-0.2, -0.15) is 0 Å². The summed E-state index contributed by atoms with van der Waals surface area (Å²) >= 11 is 7.32. The zero-order chi connectivity index (χ0) is 12.7. The van der Waals surface area contributed by atoms with E-state index in [1.807, 2.05) is 18.2 Å². The van der Waals surface area contributed by atoms with E-state index >= 15 is 0 Å². The van der Waals surface area contributed by atoms with Gasteiger partial charge in [-0.15, -0.1) is 11.8 Å². The number of halogens is 1. The predicted octanol–water partition coefficient (Wildman–Crippen LogP) is 1.60. The minimum absolute atomic E-state index is 0.165. The molecule has 0 aliphatic rings. The molecule has 0 bridgehead atoms. The van der Waals surface area contributed by atoms with Gasteiger partial charge < -0.3 is 10.5 Å². The van der Waals surface area contributed by atoms with E-state index in [-0.39, 0.29) is 12.4 Å². The van der Waals surface area contributed by atoms with Crippen LogP contribution in [-0.2, 0) is 20.1 Å². The lowest BCUT2D eigenvalue weighted by Gasteiger charge is -2.04. The first-order valence-electron chi connectivity index (χ1n) is 4.84. The van der Waals surface area contributed by atoms with E-state index in [2.05, 4.69) is 4.74 Å². The maximum atomic E-state index is 11.1. The molecule has 6 heteroatoms. The van der Waals surface area contributed by atoms with Gasteiger partial charge >= 0.3 is 5.97 Å². The van der Waals surface area contributed by atoms with Crippen molar-refractivity contribution >= 4 is 35.2 Å². The molecule has 0 heterocycles. The summed E-state index contributed by atoms with van der Waals surface area (Å²) in [5.41, 5.74) is 5.80. The molecule has 0 aliphatic carbocycles. The lowest BCUT2D eigenvalue weighted by molar-refractivity contribution is -0.145. The van der Waals surface area contributed by atoms with Crippen molar-refractivity contribution in [3.05, 3.63) is 34.9 Å². The fourth-order valence-electron chi connectivity index (χ4n) is 1.05. The number of nitrogens with two attached hydrogens (primary N) is 1. The van der Waals surface area contributed by atoms with Gasteiger partial charge in [0.1, 0.15) is 0 Å². The van der Waals surface area contributed by atoms with Crippen molar-refractivity contribution in [1.29, 1.82) is 0 Å². The van der Waals surface area contributed by atoms with Crippen molar-refractivity contribution in [2.24, 2.45) is 5.73 Å². The predicted molar refractivity (Wildman–Crippen MR) is 67.8 cm³/mol. The van der Waals surface area contributed by atoms with Gasteiger partial charge in [0.15, 0.2) is 6.61 Å². The number of rotatable bonds is 6. The highest BCUT2D eigenvalue weighted by atomic mass is 35.5. The zero-order valence-electron chi connectivity index (χ0n) is 9.02. The van der Waals surface area contributed by atoms with E-state index in [1.165, 1.54) is 11.8 Å². The summed E-state index contributed by atoms with van der Waals surface area (Å²) in [6, 6.07) is 7.41. The molecule has 1 amide bonds. The lowest BCUT2D eigenvalue weighted by atomic mass is 10.2. The van der Waals surface area contributed by atoms with Gasteiger partial charge in [-0.05, 0) is 11.6 Å². The molecule has 0 aliphatic heterocycles. The second-order valence-electron chi connectivity index (χ2n) is 3.21. The fourth-order valence-corrected chi connectivity index (χ4v) is 2.16. The molecular formula is C11H12ClNO3S. The van der Waals surface area contributed by atoms with Crippen LogP contribution in [0.2, 0.25) is 5.02 Å². The molecule has 0 fully saturated rings. The number of primary amides is 1. The quantitative estimate of drug-likeness (QED) is 0.800. The molecule has 1 aromatic carbocycles. The number of carbonyl (C=O) groups excluding carboxylic acids is 2. The molecule has 1 aromatic rings. The van der Waals surface area contributed by atoms with Gasteiger partial charge in [-0.3, -0.25) is 9.59 Å². The van der Waals surface area contributed by atoms with Crippen LogP contribution in [0.15, 0.2) is 24.3 Å². The highest BCUT2D eigenvalue weighted by Crippen LogP contribution is 2.20. The number of thioether (sulfide) groups is 1. The van der Waals surface area contributed by atoms with Crippen LogP contribution in [-0.4, -0.2) is 24.2 Å². The average Bonchev–Trinajstić information content (AvgIpc) is 2.29. The summed E-state index contributed by atoms with van der Waals surface area (Å²) in [7, 11) is 0. The van der Waals surface area contributed by atoms with Gasteiger partial charge in [0, 0.05) is 10.8 Å². The molecule has 0 saturated heterocycles. The number of esters is 1. The van der Waals surface area contributed by atoms with Crippen LogP contribution < -0.4 is 5.73 Å². The number of hydrogen-bond donors (Lipinski definition) is 1.